The van der Waals surface area contributed by atoms with Gasteiger partial charge in [-0.05, 0) is 33.2 Å². The molecule has 0 heterocycles. The third-order valence-corrected chi connectivity index (χ3v) is 2.16. The Morgan fingerprint density at radius 1 is 1.38 bits per heavy atom. The third kappa shape index (κ3) is 3.06. The minimum atomic E-state index is -0.925. The number of hydrogen-bond donors (Lipinski definition) is 2. The van der Waals surface area contributed by atoms with Crippen LogP contribution >= 0.6 is 0 Å². The maximum absolute atomic E-state index is 13.4. The highest BCUT2D eigenvalue weighted by Crippen LogP contribution is 2.25. The minimum absolute atomic E-state index is 0.0198. The monoisotopic (exact) mass is 229 g/mol. The van der Waals surface area contributed by atoms with Crippen LogP contribution in [0.25, 0.3) is 0 Å². The van der Waals surface area contributed by atoms with E-state index < -0.39 is 11.6 Å². The molecule has 3 N–H and O–H groups in total. The smallest absolute Gasteiger partial charge is 0.183 e. The summed E-state index contributed by atoms with van der Waals surface area (Å²) in [6.07, 6.45) is 0. The maximum atomic E-state index is 13.4. The van der Waals surface area contributed by atoms with Crippen molar-refractivity contribution in [1.29, 1.82) is 0 Å². The van der Waals surface area contributed by atoms with Gasteiger partial charge >= 0.3 is 0 Å². The number of nitrogens with two attached hydrogens (primary N) is 1. The van der Waals surface area contributed by atoms with Crippen LogP contribution in [-0.2, 0) is 0 Å². The molecule has 1 unspecified atom stereocenters. The molecule has 0 fully saturated rings. The zero-order chi connectivity index (χ0) is 12.3. The highest BCUT2D eigenvalue weighted by Gasteiger charge is 2.14. The van der Waals surface area contributed by atoms with Crippen LogP contribution in [0, 0.1) is 11.6 Å². The number of halogens is 2. The zero-order valence-electron chi connectivity index (χ0n) is 9.72. The molecule has 0 bridgehead atoms. The normalized spacial score (nSPS) is 12.9. The van der Waals surface area contributed by atoms with Crippen LogP contribution in [0.3, 0.4) is 0 Å². The summed E-state index contributed by atoms with van der Waals surface area (Å²) >= 11 is 0. The predicted molar refractivity (Wildman–Crippen MR) is 62.4 cm³/mol. The van der Waals surface area contributed by atoms with Crippen LogP contribution in [0.15, 0.2) is 12.1 Å². The van der Waals surface area contributed by atoms with Crippen LogP contribution < -0.4 is 11.1 Å². The summed E-state index contributed by atoms with van der Waals surface area (Å²) in [5.41, 5.74) is 5.84. The van der Waals surface area contributed by atoms with E-state index in [2.05, 4.69) is 5.32 Å². The van der Waals surface area contributed by atoms with Crippen molar-refractivity contribution in [2.45, 2.75) is 13.0 Å². The van der Waals surface area contributed by atoms with Crippen molar-refractivity contribution in [3.8, 4) is 0 Å². The summed E-state index contributed by atoms with van der Waals surface area (Å²) in [4.78, 5) is 1.95. The van der Waals surface area contributed by atoms with E-state index >= 15 is 0 Å². The lowest BCUT2D eigenvalue weighted by atomic mass is 10.2. The molecule has 5 heteroatoms. The molecule has 3 nitrogen and oxygen atoms in total. The van der Waals surface area contributed by atoms with Crippen LogP contribution in [0.1, 0.15) is 6.92 Å². The first kappa shape index (κ1) is 12.7. The van der Waals surface area contributed by atoms with Crippen molar-refractivity contribution >= 4 is 11.4 Å². The van der Waals surface area contributed by atoms with E-state index in [0.717, 1.165) is 6.07 Å². The van der Waals surface area contributed by atoms with Gasteiger partial charge in [0.2, 0.25) is 0 Å². The van der Waals surface area contributed by atoms with Crippen molar-refractivity contribution in [2.24, 2.45) is 0 Å². The zero-order valence-corrected chi connectivity index (χ0v) is 9.72. The molecular weight excluding hydrogens is 212 g/mol. The first-order valence-corrected chi connectivity index (χ1v) is 5.06. The van der Waals surface area contributed by atoms with Crippen molar-refractivity contribution < 1.29 is 8.78 Å². The first-order valence-electron chi connectivity index (χ1n) is 5.06. The SMILES string of the molecule is CC(CN(C)C)Nc1c(N)ccc(F)c1F. The molecule has 0 spiro atoms. The molecule has 0 saturated carbocycles. The van der Waals surface area contributed by atoms with E-state index in [1.54, 1.807) is 0 Å². The first-order chi connectivity index (χ1) is 7.41. The average Bonchev–Trinajstić information content (AvgIpc) is 2.17. The molecule has 1 rings (SSSR count). The van der Waals surface area contributed by atoms with E-state index in [4.69, 9.17) is 5.73 Å². The number of benzene rings is 1. The van der Waals surface area contributed by atoms with Gasteiger partial charge in [-0.25, -0.2) is 8.78 Å². The Kier molecular flexibility index (Phi) is 4.06. The molecule has 1 aromatic carbocycles. The molecule has 0 aliphatic rings. The summed E-state index contributed by atoms with van der Waals surface area (Å²) < 4.78 is 26.4. The molecule has 90 valence electrons. The number of nitrogens with zero attached hydrogens (tertiary/aromatic N) is 1. The van der Waals surface area contributed by atoms with E-state index in [1.165, 1.54) is 6.07 Å². The Morgan fingerprint density at radius 3 is 2.56 bits per heavy atom. The molecule has 0 aliphatic heterocycles. The lowest BCUT2D eigenvalue weighted by Crippen LogP contribution is -2.30. The van der Waals surface area contributed by atoms with E-state index in [-0.39, 0.29) is 17.4 Å². The Bertz CT molecular complexity index is 366. The number of nitrogen functional groups attached to an aromatic ring is 1. The third-order valence-electron chi connectivity index (χ3n) is 2.16. The fourth-order valence-corrected chi connectivity index (χ4v) is 1.55. The fraction of sp³-hybridized carbons (Fsp3) is 0.455. The quantitative estimate of drug-likeness (QED) is 0.775. The van der Waals surface area contributed by atoms with E-state index in [0.29, 0.717) is 6.54 Å². The molecule has 16 heavy (non-hydrogen) atoms. The second-order valence-electron chi connectivity index (χ2n) is 4.13. The van der Waals surface area contributed by atoms with Gasteiger partial charge in [-0.2, -0.15) is 0 Å². The number of likely N-dealkylation sites (N-methyl/N-ethyl adjacent to an activating group) is 1. The minimum Gasteiger partial charge on any atom is -0.397 e. The average molecular weight is 229 g/mol. The predicted octanol–water partition coefficient (Wildman–Crippen LogP) is 1.91. The lowest BCUT2D eigenvalue weighted by molar-refractivity contribution is 0.391. The Balaban J connectivity index is 2.84. The number of anilines is 2. The van der Waals surface area contributed by atoms with Crippen LogP contribution in [0.5, 0.6) is 0 Å². The van der Waals surface area contributed by atoms with Crippen molar-refractivity contribution in [1.82, 2.24) is 4.90 Å². The molecular formula is C11H17F2N3. The molecule has 0 saturated heterocycles. The highest BCUT2D eigenvalue weighted by molar-refractivity contribution is 5.67. The number of nitrogens with one attached hydrogen (secondary N) is 1. The topological polar surface area (TPSA) is 41.3 Å². The summed E-state index contributed by atoms with van der Waals surface area (Å²) in [6.45, 7) is 2.58. The van der Waals surface area contributed by atoms with E-state index in [1.807, 2.05) is 25.9 Å². The van der Waals surface area contributed by atoms with Gasteiger partial charge in [0.05, 0.1) is 11.4 Å². The molecule has 1 aromatic rings. The molecule has 0 amide bonds. The van der Waals surface area contributed by atoms with Gasteiger partial charge in [-0.3, -0.25) is 0 Å². The van der Waals surface area contributed by atoms with E-state index in [9.17, 15) is 8.78 Å². The fourth-order valence-electron chi connectivity index (χ4n) is 1.55. The number of rotatable bonds is 4. The molecule has 1 atom stereocenters. The molecule has 0 aliphatic carbocycles. The van der Waals surface area contributed by atoms with Crippen LogP contribution in [0.2, 0.25) is 0 Å². The largest absolute Gasteiger partial charge is 0.397 e. The summed E-state index contributed by atoms with van der Waals surface area (Å²) in [7, 11) is 3.81. The van der Waals surface area contributed by atoms with Gasteiger partial charge in [0.1, 0.15) is 0 Å². The standard InChI is InChI=1S/C11H17F2N3/c1-7(6-16(2)3)15-11-9(14)5-4-8(12)10(11)13/h4-5,7,15H,6,14H2,1-3H3. The van der Waals surface area contributed by atoms with Crippen molar-refractivity contribution in [3.05, 3.63) is 23.8 Å². The molecule has 0 radical (unpaired) electrons. The van der Waals surface area contributed by atoms with Gasteiger partial charge < -0.3 is 16.0 Å². The van der Waals surface area contributed by atoms with Gasteiger partial charge in [-0.1, -0.05) is 0 Å². The van der Waals surface area contributed by atoms with Crippen molar-refractivity contribution in [2.75, 3.05) is 31.7 Å². The van der Waals surface area contributed by atoms with Crippen molar-refractivity contribution in [3.63, 3.8) is 0 Å². The Hall–Kier alpha value is -1.36. The van der Waals surface area contributed by atoms with Gasteiger partial charge in [-0.15, -0.1) is 0 Å². The molecule has 0 aromatic heterocycles. The van der Waals surface area contributed by atoms with Gasteiger partial charge in [0.15, 0.2) is 11.6 Å². The maximum Gasteiger partial charge on any atom is 0.183 e. The Labute approximate surface area is 94.2 Å². The summed E-state index contributed by atoms with van der Waals surface area (Å²) in [6, 6.07) is 2.35. The summed E-state index contributed by atoms with van der Waals surface area (Å²) in [5, 5.41) is 2.87. The summed E-state index contributed by atoms with van der Waals surface area (Å²) in [5.74, 6) is -1.82. The van der Waals surface area contributed by atoms with Gasteiger partial charge in [0.25, 0.3) is 0 Å². The van der Waals surface area contributed by atoms with Gasteiger partial charge in [0, 0.05) is 12.6 Å². The Morgan fingerprint density at radius 2 is 2.00 bits per heavy atom. The second kappa shape index (κ2) is 5.12. The van der Waals surface area contributed by atoms with Crippen LogP contribution in [0.4, 0.5) is 20.2 Å². The lowest BCUT2D eigenvalue weighted by Gasteiger charge is -2.20. The van der Waals surface area contributed by atoms with Crippen LogP contribution in [-0.4, -0.2) is 31.6 Å². The second-order valence-corrected chi connectivity index (χ2v) is 4.13. The number of hydrogen-bond acceptors (Lipinski definition) is 3. The highest BCUT2D eigenvalue weighted by atomic mass is 19.2.